The molecule has 25 heavy (non-hydrogen) atoms. The molecule has 0 saturated carbocycles. The van der Waals surface area contributed by atoms with Crippen LogP contribution >= 0.6 is 0 Å². The van der Waals surface area contributed by atoms with Crippen LogP contribution in [0, 0.1) is 6.92 Å². The van der Waals surface area contributed by atoms with Crippen molar-refractivity contribution in [1.82, 2.24) is 10.6 Å². The van der Waals surface area contributed by atoms with Crippen LogP contribution in [0.1, 0.15) is 35.6 Å². The van der Waals surface area contributed by atoms with Gasteiger partial charge in [0.1, 0.15) is 5.75 Å². The molecule has 2 aromatic carbocycles. The third kappa shape index (κ3) is 5.80. The molecule has 0 bridgehead atoms. The fourth-order valence-corrected chi connectivity index (χ4v) is 2.75. The average molecular weight is 342 g/mol. The van der Waals surface area contributed by atoms with Gasteiger partial charge in [0.25, 0.3) is 0 Å². The van der Waals surface area contributed by atoms with E-state index < -0.39 is 0 Å². The van der Waals surface area contributed by atoms with Crippen LogP contribution in [0.3, 0.4) is 0 Å². The number of carbonyl (C=O) groups is 1. The zero-order valence-electron chi connectivity index (χ0n) is 14.8. The summed E-state index contributed by atoms with van der Waals surface area (Å²) >= 11 is 0. The van der Waals surface area contributed by atoms with E-state index in [9.17, 15) is 4.79 Å². The number of amides is 2. The molecule has 5 nitrogen and oxygen atoms in total. The number of aryl methyl sites for hydroxylation is 1. The summed E-state index contributed by atoms with van der Waals surface area (Å²) in [5.74, 6) is 0.835. The van der Waals surface area contributed by atoms with Crippen LogP contribution in [0.15, 0.2) is 48.5 Å². The van der Waals surface area contributed by atoms with E-state index in [1.807, 2.05) is 55.5 Å². The van der Waals surface area contributed by atoms with Gasteiger partial charge in [0, 0.05) is 13.2 Å². The lowest BCUT2D eigenvalue weighted by Crippen LogP contribution is -2.37. The van der Waals surface area contributed by atoms with E-state index in [1.165, 1.54) is 0 Å². The van der Waals surface area contributed by atoms with Crippen molar-refractivity contribution in [2.45, 2.75) is 32.4 Å². The normalized spacial score (nSPS) is 11.6. The quantitative estimate of drug-likeness (QED) is 0.689. The summed E-state index contributed by atoms with van der Waals surface area (Å²) < 4.78 is 5.24. The van der Waals surface area contributed by atoms with Crippen LogP contribution in [0.4, 0.5) is 4.79 Å². The lowest BCUT2D eigenvalue weighted by atomic mass is 10.0. The predicted octanol–water partition coefficient (Wildman–Crippen LogP) is 3.32. The Hall–Kier alpha value is -2.53. The summed E-state index contributed by atoms with van der Waals surface area (Å²) in [4.78, 5) is 12.3. The Morgan fingerprint density at radius 3 is 2.60 bits per heavy atom. The van der Waals surface area contributed by atoms with E-state index in [4.69, 9.17) is 9.84 Å². The van der Waals surface area contributed by atoms with Crippen molar-refractivity contribution in [3.05, 3.63) is 65.2 Å². The zero-order chi connectivity index (χ0) is 18.1. The third-order valence-corrected chi connectivity index (χ3v) is 4.07. The molecule has 3 N–H and O–H groups in total. The second-order valence-corrected chi connectivity index (χ2v) is 5.96. The van der Waals surface area contributed by atoms with Gasteiger partial charge in [-0.2, -0.15) is 0 Å². The molecule has 0 aromatic heterocycles. The lowest BCUT2D eigenvalue weighted by Gasteiger charge is -2.19. The van der Waals surface area contributed by atoms with E-state index in [1.54, 1.807) is 7.11 Å². The first kappa shape index (κ1) is 18.8. The Morgan fingerprint density at radius 2 is 1.96 bits per heavy atom. The Bertz CT molecular complexity index is 674. The molecule has 0 aliphatic carbocycles. The van der Waals surface area contributed by atoms with Crippen LogP contribution in [0.5, 0.6) is 5.75 Å². The van der Waals surface area contributed by atoms with Crippen molar-refractivity contribution < 1.29 is 14.6 Å². The standard InChI is InChI=1S/C20H26N2O3/c1-15-13-16(10-11-19(15)25-2)14-21-20(24)22-18(9-6-12-23)17-7-4-3-5-8-17/h3-5,7-8,10-11,13,18,23H,6,9,12,14H2,1-2H3,(H2,21,22,24). The molecule has 1 unspecified atom stereocenters. The molecule has 0 aliphatic rings. The molecule has 0 radical (unpaired) electrons. The number of nitrogens with one attached hydrogen (secondary N) is 2. The van der Waals surface area contributed by atoms with Gasteiger partial charge in [0.2, 0.25) is 0 Å². The largest absolute Gasteiger partial charge is 0.496 e. The maximum absolute atomic E-state index is 12.3. The van der Waals surface area contributed by atoms with E-state index in [2.05, 4.69) is 10.6 Å². The minimum Gasteiger partial charge on any atom is -0.496 e. The Balaban J connectivity index is 1.93. The molecule has 0 heterocycles. The smallest absolute Gasteiger partial charge is 0.315 e. The van der Waals surface area contributed by atoms with Gasteiger partial charge in [-0.25, -0.2) is 4.79 Å². The minimum atomic E-state index is -0.222. The van der Waals surface area contributed by atoms with Gasteiger partial charge in [0.05, 0.1) is 13.2 Å². The maximum atomic E-state index is 12.3. The first-order valence-corrected chi connectivity index (χ1v) is 8.47. The highest BCUT2D eigenvalue weighted by atomic mass is 16.5. The average Bonchev–Trinajstić information content (AvgIpc) is 2.64. The van der Waals surface area contributed by atoms with Gasteiger partial charge in [-0.15, -0.1) is 0 Å². The van der Waals surface area contributed by atoms with E-state index >= 15 is 0 Å². The number of hydrogen-bond acceptors (Lipinski definition) is 3. The van der Waals surface area contributed by atoms with Crippen molar-refractivity contribution >= 4 is 6.03 Å². The molecule has 2 amide bonds. The maximum Gasteiger partial charge on any atom is 0.315 e. The molecular formula is C20H26N2O3. The van der Waals surface area contributed by atoms with Gasteiger partial charge in [0.15, 0.2) is 0 Å². The van der Waals surface area contributed by atoms with E-state index in [-0.39, 0.29) is 18.7 Å². The number of urea groups is 1. The van der Waals surface area contributed by atoms with Gasteiger partial charge in [-0.3, -0.25) is 0 Å². The molecule has 0 fully saturated rings. The second-order valence-electron chi connectivity index (χ2n) is 5.96. The van der Waals surface area contributed by atoms with Gasteiger partial charge in [-0.1, -0.05) is 42.5 Å². The van der Waals surface area contributed by atoms with Crippen molar-refractivity contribution in [2.24, 2.45) is 0 Å². The highest BCUT2D eigenvalue weighted by molar-refractivity contribution is 5.74. The number of methoxy groups -OCH3 is 1. The number of benzene rings is 2. The molecule has 0 aliphatic heterocycles. The molecular weight excluding hydrogens is 316 g/mol. The number of ether oxygens (including phenoxy) is 1. The fourth-order valence-electron chi connectivity index (χ4n) is 2.75. The van der Waals surface area contributed by atoms with Crippen LogP contribution in [-0.4, -0.2) is 24.9 Å². The SMILES string of the molecule is COc1ccc(CNC(=O)NC(CCCO)c2ccccc2)cc1C. The first-order valence-electron chi connectivity index (χ1n) is 8.47. The summed E-state index contributed by atoms with van der Waals surface area (Å²) in [6, 6.07) is 15.3. The molecule has 5 heteroatoms. The molecule has 1 atom stereocenters. The highest BCUT2D eigenvalue weighted by Crippen LogP contribution is 2.19. The van der Waals surface area contributed by atoms with Gasteiger partial charge < -0.3 is 20.5 Å². The Kier molecular flexibility index (Phi) is 7.29. The summed E-state index contributed by atoms with van der Waals surface area (Å²) in [6.45, 7) is 2.53. The number of aliphatic hydroxyl groups excluding tert-OH is 1. The van der Waals surface area contributed by atoms with Gasteiger partial charge >= 0.3 is 6.03 Å². The van der Waals surface area contributed by atoms with Crippen LogP contribution < -0.4 is 15.4 Å². The van der Waals surface area contributed by atoms with Crippen molar-refractivity contribution in [2.75, 3.05) is 13.7 Å². The Labute approximate surface area is 149 Å². The highest BCUT2D eigenvalue weighted by Gasteiger charge is 2.14. The first-order chi connectivity index (χ1) is 12.1. The monoisotopic (exact) mass is 342 g/mol. The van der Waals surface area contributed by atoms with E-state index in [0.717, 1.165) is 22.4 Å². The fraction of sp³-hybridized carbons (Fsp3) is 0.350. The van der Waals surface area contributed by atoms with Crippen molar-refractivity contribution in [1.29, 1.82) is 0 Å². The lowest BCUT2D eigenvalue weighted by molar-refractivity contribution is 0.232. The summed E-state index contributed by atoms with van der Waals surface area (Å²) in [6.07, 6.45) is 1.33. The molecule has 134 valence electrons. The third-order valence-electron chi connectivity index (χ3n) is 4.07. The van der Waals surface area contributed by atoms with Crippen LogP contribution in [-0.2, 0) is 6.54 Å². The zero-order valence-corrected chi connectivity index (χ0v) is 14.8. The van der Waals surface area contributed by atoms with Crippen LogP contribution in [0.25, 0.3) is 0 Å². The Morgan fingerprint density at radius 1 is 1.20 bits per heavy atom. The molecule has 2 rings (SSSR count). The van der Waals surface area contributed by atoms with Crippen molar-refractivity contribution in [3.8, 4) is 5.75 Å². The number of rotatable bonds is 8. The van der Waals surface area contributed by atoms with Gasteiger partial charge in [-0.05, 0) is 42.5 Å². The molecule has 0 saturated heterocycles. The van der Waals surface area contributed by atoms with Crippen LogP contribution in [0.2, 0.25) is 0 Å². The summed E-state index contributed by atoms with van der Waals surface area (Å²) in [5, 5.41) is 15.0. The second kappa shape index (κ2) is 9.69. The number of aliphatic hydroxyl groups is 1. The number of hydrogen-bond donors (Lipinski definition) is 3. The predicted molar refractivity (Wildman–Crippen MR) is 98.6 cm³/mol. The molecule has 2 aromatic rings. The summed E-state index contributed by atoms with van der Waals surface area (Å²) in [7, 11) is 1.64. The molecule has 0 spiro atoms. The summed E-state index contributed by atoms with van der Waals surface area (Å²) in [5.41, 5.74) is 3.08. The number of carbonyl (C=O) groups excluding carboxylic acids is 1. The topological polar surface area (TPSA) is 70.6 Å². The minimum absolute atomic E-state index is 0.109. The van der Waals surface area contributed by atoms with Crippen molar-refractivity contribution in [3.63, 3.8) is 0 Å². The van der Waals surface area contributed by atoms with E-state index in [0.29, 0.717) is 19.4 Å².